The summed E-state index contributed by atoms with van der Waals surface area (Å²) in [4.78, 5) is 97.7. The van der Waals surface area contributed by atoms with Gasteiger partial charge in [0.05, 0.1) is 56.6 Å². The van der Waals surface area contributed by atoms with Crippen molar-refractivity contribution in [3.8, 4) is 0 Å². The number of isocyanates is 2. The molecule has 36 heteroatoms. The number of nitrogens with zero attached hydrogens (tertiary/aromatic N) is 8. The van der Waals surface area contributed by atoms with E-state index in [1.807, 2.05) is 0 Å². The van der Waals surface area contributed by atoms with E-state index >= 15 is 0 Å². The molecule has 0 saturated carbocycles. The van der Waals surface area contributed by atoms with Crippen LogP contribution in [0.25, 0.3) is 0 Å². The van der Waals surface area contributed by atoms with Crippen molar-refractivity contribution in [2.75, 3.05) is 89.8 Å². The Bertz CT molecular complexity index is 2070. The van der Waals surface area contributed by atoms with E-state index in [2.05, 4.69) is 80.6 Å². The summed E-state index contributed by atoms with van der Waals surface area (Å²) >= 11 is 5.34. The Kier molecular flexibility index (Phi) is 46.2. The molecule has 4 rings (SSSR count). The molecular formula is C36H60F2N18O12S4. The number of halogens is 2. The number of nitrogen functional groups attached to an aromatic ring is 4. The summed E-state index contributed by atoms with van der Waals surface area (Å²) in [6.07, 6.45) is 2.46. The summed E-state index contributed by atoms with van der Waals surface area (Å²) in [5.41, 5.74) is 31.8. The molecular weight excluding hydrogens is 1040 g/mol. The van der Waals surface area contributed by atoms with Gasteiger partial charge in [0.2, 0.25) is 22.4 Å². The fourth-order valence-corrected chi connectivity index (χ4v) is 5.51. The highest BCUT2D eigenvalue weighted by Gasteiger charge is 2.08. The first-order valence-electron chi connectivity index (χ1n) is 21.1. The van der Waals surface area contributed by atoms with Crippen LogP contribution in [0.4, 0.5) is 40.3 Å². The van der Waals surface area contributed by atoms with Gasteiger partial charge in [-0.05, 0) is 27.7 Å². The molecule has 0 unspecified atom stereocenters. The lowest BCUT2D eigenvalue weighted by Gasteiger charge is -2.05. The number of urea groups is 2. The standard InChI is InChI=1S/C9H14N4O3S.C8H13N5O3S.2C5H7NO3.C4H7N3S.C3H6N4S.2CH3F/c1-2-16-8(14)4-12-9(15)11-3-7-13-6(10)5-17-7;1-2-16-6(14)4-11-8(15)10-3-5-12-13-7(9)17-5;2*1-2-9-5(8)3-6-4-7;5-1-4-7-3(6)2-8-4;4-1-2-6-7-3(5)8-2;2*1-2/h5H,2-4,10H2,1H3,(H2,11,12,15);2-4H2,1H3,(H2,9,13)(H2,10,11,15);2*2-3H2,1H3;2H,1,5-6H2;1,4H2,(H2,5,7);2*1H3/i;;;;;;2*1D. The van der Waals surface area contributed by atoms with E-state index in [0.717, 1.165) is 10.0 Å². The molecule has 0 aliphatic heterocycles. The van der Waals surface area contributed by atoms with Gasteiger partial charge >= 0.3 is 35.9 Å². The number of aliphatic imine (C=N–C) groups is 2. The normalized spacial score (nSPS) is 9.17. The molecule has 4 aromatic rings. The Hall–Kier alpha value is -7.46. The lowest BCUT2D eigenvalue weighted by Crippen LogP contribution is -2.38. The van der Waals surface area contributed by atoms with Crippen LogP contribution in [0, 0.1) is 0 Å². The van der Waals surface area contributed by atoms with Gasteiger partial charge in [0.25, 0.3) is 0 Å². The molecule has 0 aliphatic carbocycles. The third-order valence-electron chi connectivity index (χ3n) is 5.81. The molecule has 404 valence electrons. The molecule has 16 N–H and O–H groups in total. The number of aromatic nitrogens is 6. The fraction of sp³-hybridized carbons (Fsp3) is 0.500. The van der Waals surface area contributed by atoms with Crippen molar-refractivity contribution in [3.05, 3.63) is 30.8 Å². The quantitative estimate of drug-likeness (QED) is 0.0277. The van der Waals surface area contributed by atoms with Crippen molar-refractivity contribution in [2.24, 2.45) is 21.5 Å². The molecule has 4 aromatic heterocycles. The first-order valence-corrected chi connectivity index (χ1v) is 23.1. The Labute approximate surface area is 430 Å². The molecule has 0 aliphatic rings. The molecule has 0 fully saturated rings. The first-order chi connectivity index (χ1) is 35.3. The molecule has 0 bridgehead atoms. The van der Waals surface area contributed by atoms with Crippen LogP contribution in [-0.2, 0) is 73.9 Å². The number of hydrogen-bond acceptors (Lipinski definition) is 30. The van der Waals surface area contributed by atoms with Crippen LogP contribution in [0.5, 0.6) is 0 Å². The van der Waals surface area contributed by atoms with Crippen molar-refractivity contribution >= 4 is 115 Å². The van der Waals surface area contributed by atoms with Crippen molar-refractivity contribution in [1.29, 1.82) is 0 Å². The maximum Gasteiger partial charge on any atom is 0.328 e. The summed E-state index contributed by atoms with van der Waals surface area (Å²) in [5.74, 6) is -0.958. The first kappa shape index (κ1) is 66.6. The summed E-state index contributed by atoms with van der Waals surface area (Å²) in [5, 5.41) is 31.5. The highest BCUT2D eigenvalue weighted by atomic mass is 32.1. The smallest absolute Gasteiger partial charge is 0.328 e. The zero-order chi connectivity index (χ0) is 57.0. The number of carbonyl (C=O) groups is 6. The number of nitrogens with two attached hydrogens (primary N) is 6. The summed E-state index contributed by atoms with van der Waals surface area (Å²) in [6, 6.07) is -0.932. The minimum atomic E-state index is -1.00. The number of nitrogens with one attached hydrogen (secondary N) is 4. The lowest BCUT2D eigenvalue weighted by atomic mass is 10.6. The number of alkyl halides is 2. The van der Waals surface area contributed by atoms with Crippen LogP contribution in [0.15, 0.2) is 20.7 Å². The van der Waals surface area contributed by atoms with Crippen LogP contribution in [0.1, 0.15) is 50.5 Å². The molecule has 0 aromatic carbocycles. The number of esters is 4. The van der Waals surface area contributed by atoms with Crippen molar-refractivity contribution < 1.29 is 68.8 Å². The second-order valence-electron chi connectivity index (χ2n) is 10.9. The largest absolute Gasteiger partial charge is 0.465 e. The fourth-order valence-electron chi connectivity index (χ4n) is 3.28. The molecule has 72 heavy (non-hydrogen) atoms. The van der Waals surface area contributed by atoms with E-state index in [4.69, 9.17) is 37.1 Å². The van der Waals surface area contributed by atoms with Crippen molar-refractivity contribution in [2.45, 2.75) is 53.9 Å². The van der Waals surface area contributed by atoms with E-state index in [-0.39, 0.29) is 45.9 Å². The topological polar surface area (TPSA) is 480 Å². The zero-order valence-electron chi connectivity index (χ0n) is 41.4. The number of ether oxygens (including phenoxy) is 4. The number of thiazole rings is 2. The number of anilines is 4. The predicted octanol–water partition coefficient (Wildman–Crippen LogP) is 0.275. The van der Waals surface area contributed by atoms with Gasteiger partial charge < -0.3 is 74.6 Å². The maximum atomic E-state index is 11.2. The van der Waals surface area contributed by atoms with Crippen LogP contribution in [0.2, 0.25) is 0 Å². The predicted molar refractivity (Wildman–Crippen MR) is 265 cm³/mol. The highest BCUT2D eigenvalue weighted by molar-refractivity contribution is 7.15. The second kappa shape index (κ2) is 49.9. The van der Waals surface area contributed by atoms with Gasteiger partial charge in [-0.1, -0.05) is 22.7 Å². The summed E-state index contributed by atoms with van der Waals surface area (Å²) in [7, 11) is -2.00. The van der Waals surface area contributed by atoms with Gasteiger partial charge in [-0.15, -0.1) is 43.1 Å². The molecule has 4 amide bonds. The van der Waals surface area contributed by atoms with Gasteiger partial charge in [0.1, 0.15) is 57.8 Å². The van der Waals surface area contributed by atoms with Crippen LogP contribution < -0.4 is 55.7 Å². The van der Waals surface area contributed by atoms with Crippen molar-refractivity contribution in [1.82, 2.24) is 51.6 Å². The number of amides is 4. The minimum Gasteiger partial charge on any atom is -0.465 e. The van der Waals surface area contributed by atoms with E-state index in [1.165, 1.54) is 57.5 Å². The van der Waals surface area contributed by atoms with E-state index in [1.54, 1.807) is 38.5 Å². The van der Waals surface area contributed by atoms with E-state index < -0.39 is 50.2 Å². The van der Waals surface area contributed by atoms with Gasteiger partial charge in [-0.25, -0.2) is 29.1 Å². The molecule has 4 heterocycles. The number of hydrogen-bond donors (Lipinski definition) is 10. The highest BCUT2D eigenvalue weighted by Crippen LogP contribution is 2.11. The van der Waals surface area contributed by atoms with Crippen LogP contribution in [-0.4, -0.2) is 145 Å². The van der Waals surface area contributed by atoms with E-state index in [9.17, 15) is 47.1 Å². The van der Waals surface area contributed by atoms with Crippen LogP contribution >= 0.6 is 45.3 Å². The summed E-state index contributed by atoms with van der Waals surface area (Å²) < 4.78 is 49.2. The Morgan fingerprint density at radius 2 is 0.931 bits per heavy atom. The Morgan fingerprint density at radius 1 is 0.583 bits per heavy atom. The minimum absolute atomic E-state index is 0.153. The van der Waals surface area contributed by atoms with E-state index in [0.29, 0.717) is 64.8 Å². The Morgan fingerprint density at radius 3 is 1.21 bits per heavy atom. The number of rotatable bonds is 18. The Balaban J connectivity index is -0.000000399. The maximum absolute atomic E-state index is 11.2. The average molecular weight is 1110 g/mol. The third-order valence-corrected chi connectivity index (χ3v) is 9.09. The van der Waals surface area contributed by atoms with Crippen molar-refractivity contribution in [3.63, 3.8) is 0 Å². The number of carbonyl (C=O) groups excluding carboxylic acids is 8. The van der Waals surface area contributed by atoms with Gasteiger partial charge in [0, 0.05) is 23.8 Å². The molecule has 0 radical (unpaired) electrons. The zero-order valence-corrected chi connectivity index (χ0v) is 42.6. The SMILES string of the molecule is CCOC(=O)CN=C=O.CCOC(=O)CN=C=O.CCOC(=O)CNC(=O)NCc1nc(N)cs1.CCOC(=O)CNC(=O)NCc1nnc(N)s1.NCc1nc(N)cs1.NCc1nnc(N)s1.[2H]CF.[2H]CF. The average Bonchev–Trinajstić information content (AvgIpc) is 4.21. The second-order valence-corrected chi connectivity index (χ2v) is 15.0. The monoisotopic (exact) mass is 1100 g/mol. The molecule has 0 atom stereocenters. The molecule has 30 nitrogen and oxygen atoms in total. The molecule has 0 saturated heterocycles. The van der Waals surface area contributed by atoms with Crippen LogP contribution in [0.3, 0.4) is 0 Å². The summed E-state index contributed by atoms with van der Waals surface area (Å²) in [6.45, 7) is 8.59. The molecule has 0 spiro atoms. The third kappa shape index (κ3) is 45.0. The lowest BCUT2D eigenvalue weighted by molar-refractivity contribution is -0.142. The van der Waals surface area contributed by atoms with Gasteiger partial charge in [0.15, 0.2) is 0 Å². The van der Waals surface area contributed by atoms with Gasteiger partial charge in [-0.3, -0.25) is 28.0 Å². The van der Waals surface area contributed by atoms with Gasteiger partial charge in [-0.2, -0.15) is 9.98 Å².